The first-order chi connectivity index (χ1) is 15.7. The molecule has 32 heavy (non-hydrogen) atoms. The van der Waals surface area contributed by atoms with Crippen LogP contribution in [0.2, 0.25) is 0 Å². The van der Waals surface area contributed by atoms with Gasteiger partial charge in [-0.05, 0) is 29.8 Å². The van der Waals surface area contributed by atoms with Crippen LogP contribution in [0.15, 0.2) is 78.9 Å². The van der Waals surface area contributed by atoms with Crippen molar-refractivity contribution < 1.29 is 14.3 Å². The van der Waals surface area contributed by atoms with E-state index in [1.807, 2.05) is 83.5 Å². The van der Waals surface area contributed by atoms with E-state index in [1.54, 1.807) is 14.2 Å². The van der Waals surface area contributed by atoms with Gasteiger partial charge < -0.3 is 14.8 Å². The number of anilines is 1. The first-order valence-corrected chi connectivity index (χ1v) is 10.4. The number of hydrogen-bond acceptors (Lipinski definition) is 4. The minimum Gasteiger partial charge on any atom is -0.493 e. The minimum absolute atomic E-state index is 0.0472. The number of carbonyl (C=O) groups is 1. The fraction of sp³-hybridized carbons (Fsp3) is 0.154. The van der Waals surface area contributed by atoms with Gasteiger partial charge in [0.25, 0.3) is 0 Å². The minimum atomic E-state index is -0.175. The Balaban J connectivity index is 1.75. The molecule has 1 aliphatic rings. The smallest absolute Gasteiger partial charge is 0.226 e. The zero-order valence-corrected chi connectivity index (χ0v) is 17.9. The largest absolute Gasteiger partial charge is 0.493 e. The monoisotopic (exact) mass is 425 g/mol. The number of aromatic nitrogens is 2. The van der Waals surface area contributed by atoms with Crippen LogP contribution in [0.3, 0.4) is 0 Å². The van der Waals surface area contributed by atoms with Crippen LogP contribution >= 0.6 is 0 Å². The summed E-state index contributed by atoms with van der Waals surface area (Å²) in [6, 6.07) is 25.7. The lowest BCUT2D eigenvalue weighted by molar-refractivity contribution is -0.116. The molecule has 0 radical (unpaired) electrons. The van der Waals surface area contributed by atoms with E-state index in [4.69, 9.17) is 14.6 Å². The Morgan fingerprint density at radius 1 is 0.906 bits per heavy atom. The molecule has 0 saturated heterocycles. The van der Waals surface area contributed by atoms with Crippen molar-refractivity contribution in [1.29, 1.82) is 0 Å². The summed E-state index contributed by atoms with van der Waals surface area (Å²) in [6.07, 6.45) is 0.322. The molecule has 0 spiro atoms. The van der Waals surface area contributed by atoms with Gasteiger partial charge in [0, 0.05) is 23.5 Å². The maximum Gasteiger partial charge on any atom is 0.226 e. The van der Waals surface area contributed by atoms with E-state index < -0.39 is 0 Å². The van der Waals surface area contributed by atoms with Crippen LogP contribution in [0.25, 0.3) is 16.9 Å². The number of rotatable bonds is 5. The highest BCUT2D eigenvalue weighted by Crippen LogP contribution is 2.45. The Morgan fingerprint density at radius 2 is 1.59 bits per heavy atom. The third-order valence-corrected chi connectivity index (χ3v) is 5.78. The van der Waals surface area contributed by atoms with E-state index in [-0.39, 0.29) is 11.8 Å². The number of methoxy groups -OCH3 is 2. The molecule has 2 heterocycles. The zero-order chi connectivity index (χ0) is 22.1. The Morgan fingerprint density at radius 3 is 2.28 bits per heavy atom. The topological polar surface area (TPSA) is 65.4 Å². The summed E-state index contributed by atoms with van der Waals surface area (Å²) in [6.45, 7) is 0. The van der Waals surface area contributed by atoms with Crippen LogP contribution in [0.5, 0.6) is 11.5 Å². The summed E-state index contributed by atoms with van der Waals surface area (Å²) in [5.74, 6) is 1.76. The summed E-state index contributed by atoms with van der Waals surface area (Å²) < 4.78 is 12.8. The second-order valence-corrected chi connectivity index (χ2v) is 7.64. The molecule has 0 saturated carbocycles. The van der Waals surface area contributed by atoms with Crippen molar-refractivity contribution in [3.63, 3.8) is 0 Å². The van der Waals surface area contributed by atoms with Crippen molar-refractivity contribution in [2.45, 2.75) is 12.3 Å². The molecule has 6 nitrogen and oxygen atoms in total. The number of nitrogens with one attached hydrogen (secondary N) is 1. The molecule has 0 aliphatic carbocycles. The summed E-state index contributed by atoms with van der Waals surface area (Å²) in [7, 11) is 3.23. The maximum absolute atomic E-state index is 12.8. The molecule has 1 aliphatic heterocycles. The highest BCUT2D eigenvalue weighted by molar-refractivity contribution is 5.96. The third-order valence-electron chi connectivity index (χ3n) is 5.78. The number of carbonyl (C=O) groups excluding carboxylic acids is 1. The van der Waals surface area contributed by atoms with E-state index in [2.05, 4.69) is 5.32 Å². The van der Waals surface area contributed by atoms with E-state index >= 15 is 0 Å². The molecule has 4 aromatic rings. The predicted octanol–water partition coefficient (Wildman–Crippen LogP) is 5.03. The zero-order valence-electron chi connectivity index (χ0n) is 17.9. The average molecular weight is 425 g/mol. The second kappa shape index (κ2) is 8.23. The van der Waals surface area contributed by atoms with E-state index in [0.717, 1.165) is 28.1 Å². The van der Waals surface area contributed by atoms with Gasteiger partial charge in [0.2, 0.25) is 5.91 Å². The average Bonchev–Trinajstić information content (AvgIpc) is 3.23. The van der Waals surface area contributed by atoms with Crippen LogP contribution < -0.4 is 14.8 Å². The molecule has 3 aromatic carbocycles. The number of benzene rings is 3. The predicted molar refractivity (Wildman–Crippen MR) is 124 cm³/mol. The van der Waals surface area contributed by atoms with Gasteiger partial charge in [-0.3, -0.25) is 4.79 Å². The molecule has 5 rings (SSSR count). The van der Waals surface area contributed by atoms with Crippen molar-refractivity contribution in [2.75, 3.05) is 19.5 Å². The Bertz CT molecular complexity index is 1270. The van der Waals surface area contributed by atoms with Crippen LogP contribution in [-0.2, 0) is 4.79 Å². The van der Waals surface area contributed by atoms with Gasteiger partial charge in [-0.25, -0.2) is 4.68 Å². The third kappa shape index (κ3) is 3.39. The van der Waals surface area contributed by atoms with Crippen LogP contribution in [0, 0.1) is 0 Å². The standard InChI is InChI=1S/C26H23N3O3/c1-31-21-14-13-18(15-22(21)32-2)20-16-23(30)27-26-24(20)25(17-9-5-3-6-10-17)28-29(26)19-11-7-4-8-12-19/h3-15,20H,16H2,1-2H3,(H,27,30). The molecular formula is C26H23N3O3. The molecule has 1 N–H and O–H groups in total. The van der Waals surface area contributed by atoms with Crippen molar-refractivity contribution in [2.24, 2.45) is 0 Å². The fourth-order valence-electron chi connectivity index (χ4n) is 4.27. The Labute approximate surface area is 186 Å². The quantitative estimate of drug-likeness (QED) is 0.487. The number of nitrogens with zero attached hydrogens (tertiary/aromatic N) is 2. The summed E-state index contributed by atoms with van der Waals surface area (Å²) >= 11 is 0. The lowest BCUT2D eigenvalue weighted by Gasteiger charge is -2.25. The first-order valence-electron chi connectivity index (χ1n) is 10.4. The molecule has 6 heteroatoms. The molecular weight excluding hydrogens is 402 g/mol. The highest BCUT2D eigenvalue weighted by Gasteiger charge is 2.34. The van der Waals surface area contributed by atoms with Gasteiger partial charge in [0.1, 0.15) is 5.82 Å². The number of fused-ring (bicyclic) bond motifs is 1. The fourth-order valence-corrected chi connectivity index (χ4v) is 4.27. The van der Waals surface area contributed by atoms with Gasteiger partial charge >= 0.3 is 0 Å². The van der Waals surface area contributed by atoms with Crippen molar-refractivity contribution in [3.8, 4) is 28.4 Å². The van der Waals surface area contributed by atoms with E-state index in [0.29, 0.717) is 23.7 Å². The van der Waals surface area contributed by atoms with E-state index in [9.17, 15) is 4.79 Å². The number of hydrogen-bond donors (Lipinski definition) is 1. The lowest BCUT2D eigenvalue weighted by atomic mass is 9.84. The normalized spacial score (nSPS) is 15.1. The van der Waals surface area contributed by atoms with Gasteiger partial charge in [-0.1, -0.05) is 54.6 Å². The molecule has 0 fully saturated rings. The van der Waals surface area contributed by atoms with E-state index in [1.165, 1.54) is 0 Å². The molecule has 1 aromatic heterocycles. The molecule has 1 amide bonds. The Hall–Kier alpha value is -4.06. The van der Waals surface area contributed by atoms with Gasteiger partial charge in [-0.2, -0.15) is 5.10 Å². The molecule has 1 unspecified atom stereocenters. The summed E-state index contributed by atoms with van der Waals surface area (Å²) in [4.78, 5) is 12.8. The van der Waals surface area contributed by atoms with Crippen molar-refractivity contribution in [3.05, 3.63) is 90.0 Å². The second-order valence-electron chi connectivity index (χ2n) is 7.64. The summed E-state index contributed by atoms with van der Waals surface area (Å²) in [5, 5.41) is 8.04. The highest BCUT2D eigenvalue weighted by atomic mass is 16.5. The lowest BCUT2D eigenvalue weighted by Crippen LogP contribution is -2.25. The van der Waals surface area contributed by atoms with Gasteiger partial charge in [0.05, 0.1) is 25.6 Å². The van der Waals surface area contributed by atoms with Crippen LogP contribution in [0.1, 0.15) is 23.5 Å². The van der Waals surface area contributed by atoms with Crippen LogP contribution in [0.4, 0.5) is 5.82 Å². The van der Waals surface area contributed by atoms with Crippen LogP contribution in [-0.4, -0.2) is 29.9 Å². The SMILES string of the molecule is COc1ccc(C2CC(=O)Nc3c2c(-c2ccccc2)nn3-c2ccccc2)cc1OC. The number of ether oxygens (including phenoxy) is 2. The molecule has 1 atom stereocenters. The van der Waals surface area contributed by atoms with Crippen molar-refractivity contribution >= 4 is 11.7 Å². The van der Waals surface area contributed by atoms with Crippen molar-refractivity contribution in [1.82, 2.24) is 9.78 Å². The number of amides is 1. The number of para-hydroxylation sites is 1. The maximum atomic E-state index is 12.8. The Kier molecular flexibility index (Phi) is 5.11. The van der Waals surface area contributed by atoms with Gasteiger partial charge in [0.15, 0.2) is 11.5 Å². The molecule has 160 valence electrons. The first kappa shape index (κ1) is 19.9. The summed E-state index contributed by atoms with van der Waals surface area (Å²) in [5.41, 5.74) is 4.71. The van der Waals surface area contributed by atoms with Gasteiger partial charge in [-0.15, -0.1) is 0 Å². The molecule has 0 bridgehead atoms.